The molecular weight excluding hydrogens is 212 g/mol. The van der Waals surface area contributed by atoms with Crippen LogP contribution >= 0.6 is 0 Å². The molecule has 5 nitrogen and oxygen atoms in total. The van der Waals surface area contributed by atoms with Crippen molar-refractivity contribution in [1.29, 1.82) is 0 Å². The van der Waals surface area contributed by atoms with Crippen molar-refractivity contribution in [1.82, 2.24) is 0 Å². The molecule has 1 fully saturated rings. The average molecular weight is 229 g/mol. The number of ether oxygens (including phenoxy) is 3. The first kappa shape index (κ1) is 10.3. The summed E-state index contributed by atoms with van der Waals surface area (Å²) >= 11 is 0. The molecule has 90 valence electrons. The van der Waals surface area contributed by atoms with Gasteiger partial charge < -0.3 is 19.3 Å². The highest BCUT2D eigenvalue weighted by molar-refractivity contribution is 5.88. The average Bonchev–Trinajstić information content (AvgIpc) is 2.59. The smallest absolute Gasteiger partial charge is 0.333 e. The summed E-state index contributed by atoms with van der Waals surface area (Å²) in [6, 6.07) is 0.0396. The lowest BCUT2D eigenvalue weighted by molar-refractivity contribution is -0.152. The van der Waals surface area contributed by atoms with Gasteiger partial charge in [-0.25, -0.2) is 4.79 Å². The third-order valence-corrected chi connectivity index (χ3v) is 2.67. The Balaban J connectivity index is 2.33. The van der Waals surface area contributed by atoms with Gasteiger partial charge in [-0.15, -0.1) is 0 Å². The van der Waals surface area contributed by atoms with E-state index in [-0.39, 0.29) is 18.0 Å². The summed E-state index contributed by atoms with van der Waals surface area (Å²) in [7, 11) is 1.25. The quantitative estimate of drug-likeness (QED) is 0.658. The SMILES string of the molecule is [2H]C1=C(C(=O)OC)C[C@@H](O)[C@@H]2OC(C)(C)O[C@H]12. The van der Waals surface area contributed by atoms with Gasteiger partial charge in [0.1, 0.15) is 12.2 Å². The van der Waals surface area contributed by atoms with Crippen LogP contribution in [0.25, 0.3) is 0 Å². The van der Waals surface area contributed by atoms with Crippen LogP contribution in [0.4, 0.5) is 0 Å². The molecule has 0 amide bonds. The summed E-state index contributed by atoms with van der Waals surface area (Å²) in [5.41, 5.74) is 0.155. The second-order valence-electron chi connectivity index (χ2n) is 4.41. The predicted molar refractivity (Wildman–Crippen MR) is 54.5 cm³/mol. The van der Waals surface area contributed by atoms with Gasteiger partial charge in [0.2, 0.25) is 0 Å². The van der Waals surface area contributed by atoms with E-state index in [0.717, 1.165) is 0 Å². The van der Waals surface area contributed by atoms with Crippen molar-refractivity contribution in [3.8, 4) is 0 Å². The maximum atomic E-state index is 11.5. The van der Waals surface area contributed by atoms with Crippen LogP contribution in [0.2, 0.25) is 0 Å². The van der Waals surface area contributed by atoms with Crippen molar-refractivity contribution in [2.45, 2.75) is 44.4 Å². The van der Waals surface area contributed by atoms with Crippen molar-refractivity contribution in [3.05, 3.63) is 11.6 Å². The number of carbonyl (C=O) groups is 1. The van der Waals surface area contributed by atoms with E-state index in [1.807, 2.05) is 0 Å². The van der Waals surface area contributed by atoms with E-state index < -0.39 is 30.1 Å². The molecule has 1 heterocycles. The number of fused-ring (bicyclic) bond motifs is 1. The third-order valence-electron chi connectivity index (χ3n) is 2.67. The molecule has 1 saturated heterocycles. The van der Waals surface area contributed by atoms with Gasteiger partial charge in [0.25, 0.3) is 0 Å². The molecule has 0 aromatic heterocycles. The lowest BCUT2D eigenvalue weighted by Gasteiger charge is -2.26. The standard InChI is InChI=1S/C11H16O5/c1-11(2)15-8-5-6(10(13)14-3)4-7(12)9(8)16-11/h5,7-9,12H,4H2,1-3H3/t7-,8-,9+/m1/s1/i5D. The minimum atomic E-state index is -0.857. The largest absolute Gasteiger partial charge is 0.466 e. The molecule has 0 spiro atoms. The zero-order valence-corrected chi connectivity index (χ0v) is 9.52. The molecule has 5 heteroatoms. The van der Waals surface area contributed by atoms with Gasteiger partial charge in [-0.05, 0) is 19.9 Å². The Morgan fingerprint density at radius 1 is 1.69 bits per heavy atom. The van der Waals surface area contributed by atoms with Crippen molar-refractivity contribution in [2.24, 2.45) is 0 Å². The maximum Gasteiger partial charge on any atom is 0.333 e. The first-order chi connectivity index (χ1) is 7.85. The lowest BCUT2D eigenvalue weighted by Crippen LogP contribution is -2.39. The van der Waals surface area contributed by atoms with Crippen LogP contribution in [-0.2, 0) is 19.0 Å². The van der Waals surface area contributed by atoms with Crippen LogP contribution in [-0.4, -0.2) is 42.3 Å². The molecule has 2 rings (SSSR count). The Bertz CT molecular complexity index is 376. The van der Waals surface area contributed by atoms with Gasteiger partial charge in [0.15, 0.2) is 5.79 Å². The molecule has 16 heavy (non-hydrogen) atoms. The molecule has 2 aliphatic rings. The van der Waals surface area contributed by atoms with E-state index in [0.29, 0.717) is 0 Å². The number of carbonyl (C=O) groups excluding carboxylic acids is 1. The number of esters is 1. The predicted octanol–water partition coefficient (Wildman–Crippen LogP) is 0.370. The number of rotatable bonds is 1. The Labute approximate surface area is 95.4 Å². The van der Waals surface area contributed by atoms with Crippen LogP contribution < -0.4 is 0 Å². The molecule has 1 aliphatic heterocycles. The highest BCUT2D eigenvalue weighted by Crippen LogP contribution is 2.36. The first-order valence-corrected chi connectivity index (χ1v) is 5.17. The Morgan fingerprint density at radius 2 is 2.38 bits per heavy atom. The fourth-order valence-electron chi connectivity index (χ4n) is 2.00. The molecule has 1 aliphatic carbocycles. The molecule has 0 aromatic carbocycles. The van der Waals surface area contributed by atoms with Crippen molar-refractivity contribution in [2.75, 3.05) is 7.11 Å². The molecular formula is C11H16O5. The molecule has 0 saturated carbocycles. The van der Waals surface area contributed by atoms with Crippen molar-refractivity contribution < 1.29 is 25.5 Å². The summed E-state index contributed by atoms with van der Waals surface area (Å²) in [6.07, 6.45) is -2.09. The van der Waals surface area contributed by atoms with Crippen LogP contribution in [0, 0.1) is 0 Å². The molecule has 0 bridgehead atoms. The second-order valence-corrected chi connectivity index (χ2v) is 4.41. The van der Waals surface area contributed by atoms with E-state index >= 15 is 0 Å². The summed E-state index contributed by atoms with van der Waals surface area (Å²) in [5, 5.41) is 9.91. The highest BCUT2D eigenvalue weighted by atomic mass is 16.8. The fraction of sp³-hybridized carbons (Fsp3) is 0.727. The van der Waals surface area contributed by atoms with Crippen LogP contribution in [0.15, 0.2) is 11.6 Å². The Hall–Kier alpha value is -0.910. The highest BCUT2D eigenvalue weighted by Gasteiger charge is 2.46. The van der Waals surface area contributed by atoms with Crippen LogP contribution in [0.1, 0.15) is 21.6 Å². The first-order valence-electron chi connectivity index (χ1n) is 5.67. The van der Waals surface area contributed by atoms with Gasteiger partial charge in [0.05, 0.1) is 14.6 Å². The topological polar surface area (TPSA) is 65.0 Å². The number of aliphatic hydroxyl groups excluding tert-OH is 1. The molecule has 0 aromatic rings. The summed E-state index contributed by atoms with van der Waals surface area (Å²) in [5.74, 6) is -1.45. The zero-order chi connectivity index (χ0) is 12.8. The maximum absolute atomic E-state index is 11.5. The second kappa shape index (κ2) is 3.84. The molecule has 0 radical (unpaired) electrons. The van der Waals surface area contributed by atoms with Gasteiger partial charge in [-0.3, -0.25) is 0 Å². The third kappa shape index (κ3) is 1.98. The van der Waals surface area contributed by atoms with Crippen molar-refractivity contribution in [3.63, 3.8) is 0 Å². The monoisotopic (exact) mass is 229 g/mol. The van der Waals surface area contributed by atoms with Crippen molar-refractivity contribution >= 4 is 5.97 Å². The molecule has 1 N–H and O–H groups in total. The van der Waals surface area contributed by atoms with Gasteiger partial charge in [-0.2, -0.15) is 0 Å². The van der Waals surface area contributed by atoms with E-state index in [9.17, 15) is 9.90 Å². The number of hydrogen-bond donors (Lipinski definition) is 1. The lowest BCUT2D eigenvalue weighted by atomic mass is 9.92. The summed E-state index contributed by atoms with van der Waals surface area (Å²) in [4.78, 5) is 11.5. The summed E-state index contributed by atoms with van der Waals surface area (Å²) in [6.45, 7) is 3.42. The Kier molecular flexibility index (Phi) is 2.46. The van der Waals surface area contributed by atoms with E-state index in [2.05, 4.69) is 4.74 Å². The summed E-state index contributed by atoms with van der Waals surface area (Å²) < 4.78 is 23.5. The normalized spacial score (nSPS) is 38.0. The van der Waals surface area contributed by atoms with E-state index in [1.54, 1.807) is 13.8 Å². The van der Waals surface area contributed by atoms with E-state index in [1.165, 1.54) is 7.11 Å². The molecule has 0 unspecified atom stereocenters. The van der Waals surface area contributed by atoms with Gasteiger partial charge in [0, 0.05) is 12.0 Å². The van der Waals surface area contributed by atoms with E-state index in [4.69, 9.17) is 10.8 Å². The minimum Gasteiger partial charge on any atom is -0.466 e. The molecule has 3 atom stereocenters. The zero-order valence-electron chi connectivity index (χ0n) is 10.5. The number of methoxy groups -OCH3 is 1. The number of aliphatic hydroxyl groups is 1. The van der Waals surface area contributed by atoms with Gasteiger partial charge in [-0.1, -0.05) is 0 Å². The van der Waals surface area contributed by atoms with Crippen LogP contribution in [0.5, 0.6) is 0 Å². The van der Waals surface area contributed by atoms with Crippen LogP contribution in [0.3, 0.4) is 0 Å². The number of hydrogen-bond acceptors (Lipinski definition) is 5. The van der Waals surface area contributed by atoms with Gasteiger partial charge >= 0.3 is 5.97 Å². The minimum absolute atomic E-state index is 0.0396. The fourth-order valence-corrected chi connectivity index (χ4v) is 2.00. The Morgan fingerprint density at radius 3 is 3.00 bits per heavy atom.